The minimum Gasteiger partial charge on any atom is -0.493 e. The van der Waals surface area contributed by atoms with Crippen LogP contribution in [0.2, 0.25) is 5.02 Å². The van der Waals surface area contributed by atoms with Crippen LogP contribution < -0.4 is 20.3 Å². The van der Waals surface area contributed by atoms with E-state index < -0.39 is 5.92 Å². The van der Waals surface area contributed by atoms with Crippen LogP contribution >= 0.6 is 23.4 Å². The van der Waals surface area contributed by atoms with E-state index in [4.69, 9.17) is 21.1 Å². The van der Waals surface area contributed by atoms with Crippen molar-refractivity contribution < 1.29 is 14.3 Å². The van der Waals surface area contributed by atoms with Gasteiger partial charge in [0, 0.05) is 30.2 Å². The number of thioether (sulfide) groups is 1. The van der Waals surface area contributed by atoms with E-state index in [1.807, 2.05) is 30.3 Å². The Labute approximate surface area is 206 Å². The van der Waals surface area contributed by atoms with Crippen LogP contribution in [0.1, 0.15) is 29.0 Å². The summed E-state index contributed by atoms with van der Waals surface area (Å²) in [5.74, 6) is 1.53. The van der Waals surface area contributed by atoms with Crippen molar-refractivity contribution in [1.29, 1.82) is 0 Å². The number of fused-ring (bicyclic) bond motifs is 1. The summed E-state index contributed by atoms with van der Waals surface area (Å²) in [5.41, 5.74) is 1.93. The van der Waals surface area contributed by atoms with Gasteiger partial charge in [0.25, 0.3) is 5.56 Å². The zero-order chi connectivity index (χ0) is 24.2. The Morgan fingerprint density at radius 2 is 2.00 bits per heavy atom. The minimum atomic E-state index is -0.451. The number of ether oxygens (including phenoxy) is 2. The molecule has 176 valence electrons. The molecule has 1 unspecified atom stereocenters. The zero-order valence-corrected chi connectivity index (χ0v) is 20.4. The maximum atomic E-state index is 13.2. The zero-order valence-electron chi connectivity index (χ0n) is 18.8. The van der Waals surface area contributed by atoms with Gasteiger partial charge in [0.1, 0.15) is 12.4 Å². The molecule has 4 rings (SSSR count). The van der Waals surface area contributed by atoms with Crippen molar-refractivity contribution in [2.24, 2.45) is 7.05 Å². The lowest BCUT2D eigenvalue weighted by atomic mass is 9.86. The molecule has 1 amide bonds. The third-order valence-electron chi connectivity index (χ3n) is 5.53. The number of carbonyl (C=O) groups excluding carboxylic acids is 1. The number of rotatable bonds is 8. The molecule has 0 spiro atoms. The van der Waals surface area contributed by atoms with Gasteiger partial charge in [-0.05, 0) is 35.4 Å². The van der Waals surface area contributed by atoms with E-state index in [0.717, 1.165) is 11.1 Å². The van der Waals surface area contributed by atoms with Gasteiger partial charge in [-0.25, -0.2) is 0 Å². The van der Waals surface area contributed by atoms with Crippen LogP contribution in [0, 0.1) is 0 Å². The molecule has 9 heteroatoms. The van der Waals surface area contributed by atoms with Crippen LogP contribution in [-0.2, 0) is 17.6 Å². The van der Waals surface area contributed by atoms with Crippen LogP contribution in [0.5, 0.6) is 11.5 Å². The molecular weight excluding hydrogens is 474 g/mol. The van der Waals surface area contributed by atoms with Gasteiger partial charge >= 0.3 is 0 Å². The second-order valence-electron chi connectivity index (χ2n) is 7.75. The molecule has 0 saturated heterocycles. The molecule has 0 fully saturated rings. The smallest absolute Gasteiger partial charge is 0.279 e. The second-order valence-corrected chi connectivity index (χ2v) is 9.13. The van der Waals surface area contributed by atoms with Crippen molar-refractivity contribution in [2.75, 3.05) is 19.0 Å². The number of methoxy groups -OCH3 is 1. The Morgan fingerprint density at radius 1 is 1.24 bits per heavy atom. The van der Waals surface area contributed by atoms with Gasteiger partial charge in [0.05, 0.1) is 12.7 Å². The molecule has 0 radical (unpaired) electrons. The molecule has 7 nitrogen and oxygen atoms in total. The predicted molar refractivity (Wildman–Crippen MR) is 134 cm³/mol. The minimum absolute atomic E-state index is 0.136. The van der Waals surface area contributed by atoms with Crippen molar-refractivity contribution >= 4 is 35.1 Å². The van der Waals surface area contributed by atoms with Gasteiger partial charge in [-0.3, -0.25) is 9.59 Å². The van der Waals surface area contributed by atoms with Crippen LogP contribution in [0.3, 0.4) is 0 Å². The van der Waals surface area contributed by atoms with Crippen LogP contribution in [0.25, 0.3) is 0 Å². The van der Waals surface area contributed by atoms with E-state index in [0.29, 0.717) is 45.4 Å². The van der Waals surface area contributed by atoms with E-state index in [2.05, 4.69) is 16.9 Å². The number of carbonyl (C=O) groups is 1. The molecular formula is C25H24ClN3O4S. The number of hydrogen-bond acceptors (Lipinski definition) is 6. The lowest BCUT2D eigenvalue weighted by molar-refractivity contribution is -0.116. The average molecular weight is 498 g/mol. The monoisotopic (exact) mass is 497 g/mol. The van der Waals surface area contributed by atoms with Crippen molar-refractivity contribution in [3.63, 3.8) is 0 Å². The Balaban J connectivity index is 1.68. The number of nitrogens with zero attached hydrogens (tertiary/aromatic N) is 2. The summed E-state index contributed by atoms with van der Waals surface area (Å²) >= 11 is 7.38. The Hall–Kier alpha value is -3.23. The summed E-state index contributed by atoms with van der Waals surface area (Å²) in [6.45, 7) is 3.99. The summed E-state index contributed by atoms with van der Waals surface area (Å²) in [6.07, 6.45) is 1.78. The van der Waals surface area contributed by atoms with Gasteiger partial charge in [-0.2, -0.15) is 4.98 Å². The Kier molecular flexibility index (Phi) is 7.29. The maximum absolute atomic E-state index is 13.2. The molecule has 3 aromatic rings. The standard InChI is InChI=1S/C25H24ClN3O4S/c1-4-11-33-19-10-7-16(12-20(19)32-3)18-13-21(30)27-23-22(18)24(31)28-25(29(23)2)34-14-15-5-8-17(26)9-6-15/h4-10,12,18H,1,11,13-14H2,2-3H3,(H,27,30). The molecule has 0 saturated carbocycles. The van der Waals surface area contributed by atoms with E-state index >= 15 is 0 Å². The van der Waals surface area contributed by atoms with E-state index in [-0.39, 0.29) is 17.9 Å². The number of hydrogen-bond donors (Lipinski definition) is 1. The normalized spacial score (nSPS) is 14.8. The predicted octanol–water partition coefficient (Wildman–Crippen LogP) is 4.77. The number of aromatic nitrogens is 2. The number of nitrogens with one attached hydrogen (secondary N) is 1. The fraction of sp³-hybridized carbons (Fsp3) is 0.240. The molecule has 0 bridgehead atoms. The first kappa shape index (κ1) is 23.9. The summed E-state index contributed by atoms with van der Waals surface area (Å²) in [7, 11) is 3.34. The fourth-order valence-electron chi connectivity index (χ4n) is 3.85. The summed E-state index contributed by atoms with van der Waals surface area (Å²) in [5, 5.41) is 4.05. The van der Waals surface area contributed by atoms with E-state index in [1.165, 1.54) is 11.8 Å². The highest BCUT2D eigenvalue weighted by atomic mass is 35.5. The van der Waals surface area contributed by atoms with Gasteiger partial charge in [0.15, 0.2) is 16.7 Å². The van der Waals surface area contributed by atoms with Gasteiger partial charge in [0.2, 0.25) is 5.91 Å². The SMILES string of the molecule is C=CCOc1ccc(C2CC(=O)Nc3c2c(=O)nc(SCc2ccc(Cl)cc2)n3C)cc1OC. The average Bonchev–Trinajstić information content (AvgIpc) is 2.84. The Bertz CT molecular complexity index is 1290. The first-order valence-electron chi connectivity index (χ1n) is 10.6. The lowest BCUT2D eigenvalue weighted by Crippen LogP contribution is -2.33. The molecule has 2 heterocycles. The third-order valence-corrected chi connectivity index (χ3v) is 6.88. The van der Waals surface area contributed by atoms with Crippen molar-refractivity contribution in [3.8, 4) is 11.5 Å². The second kappa shape index (κ2) is 10.4. The molecule has 1 atom stereocenters. The first-order chi connectivity index (χ1) is 16.4. The van der Waals surface area contributed by atoms with E-state index in [9.17, 15) is 9.59 Å². The van der Waals surface area contributed by atoms with Crippen molar-refractivity contribution in [2.45, 2.75) is 23.2 Å². The Morgan fingerprint density at radius 3 is 2.71 bits per heavy atom. The first-order valence-corrected chi connectivity index (χ1v) is 12.0. The molecule has 1 aliphatic heterocycles. The van der Waals surface area contributed by atoms with Gasteiger partial charge < -0.3 is 19.4 Å². The molecule has 0 aliphatic carbocycles. The molecule has 34 heavy (non-hydrogen) atoms. The summed E-state index contributed by atoms with van der Waals surface area (Å²) in [6, 6.07) is 12.9. The number of amides is 1. The highest BCUT2D eigenvalue weighted by molar-refractivity contribution is 7.98. The molecule has 2 aromatic carbocycles. The number of benzene rings is 2. The molecule has 1 aromatic heterocycles. The lowest BCUT2D eigenvalue weighted by Gasteiger charge is -2.28. The van der Waals surface area contributed by atoms with Crippen LogP contribution in [0.4, 0.5) is 5.82 Å². The van der Waals surface area contributed by atoms with Crippen LogP contribution in [-0.4, -0.2) is 29.2 Å². The van der Waals surface area contributed by atoms with Gasteiger partial charge in [-0.1, -0.05) is 54.2 Å². The van der Waals surface area contributed by atoms with E-state index in [1.54, 1.807) is 36.9 Å². The largest absolute Gasteiger partial charge is 0.493 e. The summed E-state index contributed by atoms with van der Waals surface area (Å²) < 4.78 is 12.9. The topological polar surface area (TPSA) is 82.5 Å². The fourth-order valence-corrected chi connectivity index (χ4v) is 4.89. The number of anilines is 1. The molecule has 1 aliphatic rings. The maximum Gasteiger partial charge on any atom is 0.279 e. The molecule has 1 N–H and O–H groups in total. The van der Waals surface area contributed by atoms with Crippen LogP contribution in [0.15, 0.2) is 65.1 Å². The highest BCUT2D eigenvalue weighted by Gasteiger charge is 2.32. The van der Waals surface area contributed by atoms with Gasteiger partial charge in [-0.15, -0.1) is 0 Å². The van der Waals surface area contributed by atoms with Crippen molar-refractivity contribution in [3.05, 3.63) is 87.2 Å². The highest BCUT2D eigenvalue weighted by Crippen LogP contribution is 2.39. The number of halogens is 1. The quantitative estimate of drug-likeness (QED) is 0.274. The third kappa shape index (κ3) is 4.98. The van der Waals surface area contributed by atoms with Crippen molar-refractivity contribution in [1.82, 2.24) is 9.55 Å². The summed E-state index contributed by atoms with van der Waals surface area (Å²) in [4.78, 5) is 30.1.